The van der Waals surface area contributed by atoms with Gasteiger partial charge in [0.05, 0.1) is 6.61 Å². The van der Waals surface area contributed by atoms with Crippen LogP contribution in [0.15, 0.2) is 59.5 Å². The van der Waals surface area contributed by atoms with E-state index in [2.05, 4.69) is 0 Å². The van der Waals surface area contributed by atoms with Gasteiger partial charge in [-0.05, 0) is 19.1 Å². The number of ether oxygens (including phenoxy) is 4. The number of hydrogen-bond donors (Lipinski definition) is 1. The molecule has 2 saturated heterocycles. The van der Waals surface area contributed by atoms with Gasteiger partial charge in [0, 0.05) is 17.4 Å². The number of benzene rings is 2. The first-order valence-corrected chi connectivity index (χ1v) is 10.5. The van der Waals surface area contributed by atoms with E-state index in [4.69, 9.17) is 18.9 Å². The zero-order valence-corrected chi connectivity index (χ0v) is 17.1. The second kappa shape index (κ2) is 8.85. The third-order valence-corrected chi connectivity index (χ3v) is 6.12. The van der Waals surface area contributed by atoms with Crippen LogP contribution < -0.4 is 0 Å². The van der Waals surface area contributed by atoms with Crippen LogP contribution in [0.2, 0.25) is 0 Å². The Kier molecular flexibility index (Phi) is 6.22. The number of hydrogen-bond acceptors (Lipinski definition) is 7. The van der Waals surface area contributed by atoms with Crippen molar-refractivity contribution in [3.05, 3.63) is 65.7 Å². The SMILES string of the molecule is CC(=O)O[C@@H]1[C@@H](O)[C@H](Sc2ccc(C)cc2)O[C@@H]2CO[C@H](c3ccccc3)O[C@H]12. The van der Waals surface area contributed by atoms with E-state index >= 15 is 0 Å². The Balaban J connectivity index is 1.53. The molecule has 6 nitrogen and oxygen atoms in total. The molecule has 2 fully saturated rings. The molecule has 2 aliphatic heterocycles. The van der Waals surface area contributed by atoms with Gasteiger partial charge in [-0.1, -0.05) is 59.8 Å². The minimum Gasteiger partial charge on any atom is -0.457 e. The third kappa shape index (κ3) is 4.65. The van der Waals surface area contributed by atoms with Crippen molar-refractivity contribution in [2.75, 3.05) is 6.61 Å². The smallest absolute Gasteiger partial charge is 0.303 e. The van der Waals surface area contributed by atoms with E-state index < -0.39 is 42.1 Å². The fourth-order valence-electron chi connectivity index (χ4n) is 3.52. The van der Waals surface area contributed by atoms with Gasteiger partial charge in [-0.25, -0.2) is 0 Å². The van der Waals surface area contributed by atoms with Crippen molar-refractivity contribution >= 4 is 17.7 Å². The Bertz CT molecular complexity index is 827. The van der Waals surface area contributed by atoms with Crippen molar-refractivity contribution in [3.8, 4) is 0 Å². The highest BCUT2D eigenvalue weighted by atomic mass is 32.2. The lowest BCUT2D eigenvalue weighted by Gasteiger charge is -2.47. The van der Waals surface area contributed by atoms with Crippen LogP contribution in [-0.2, 0) is 23.7 Å². The molecule has 2 aromatic rings. The van der Waals surface area contributed by atoms with E-state index in [1.165, 1.54) is 18.7 Å². The van der Waals surface area contributed by atoms with Crippen LogP contribution in [0.5, 0.6) is 0 Å². The second-order valence-corrected chi connectivity index (χ2v) is 8.39. The highest BCUT2D eigenvalue weighted by molar-refractivity contribution is 7.99. The highest BCUT2D eigenvalue weighted by Crippen LogP contribution is 2.39. The summed E-state index contributed by atoms with van der Waals surface area (Å²) in [5.41, 5.74) is 1.40. The van der Waals surface area contributed by atoms with Crippen molar-refractivity contribution in [2.24, 2.45) is 0 Å². The highest BCUT2D eigenvalue weighted by Gasteiger charge is 2.51. The molecule has 7 heteroatoms. The molecular weight excluding hydrogens is 392 g/mol. The van der Waals surface area contributed by atoms with Gasteiger partial charge in [-0.2, -0.15) is 0 Å². The van der Waals surface area contributed by atoms with Gasteiger partial charge < -0.3 is 24.1 Å². The molecule has 0 unspecified atom stereocenters. The number of aliphatic hydroxyl groups is 1. The molecule has 2 aromatic carbocycles. The fraction of sp³-hybridized carbons (Fsp3) is 0.409. The number of esters is 1. The predicted molar refractivity (Wildman–Crippen MR) is 107 cm³/mol. The molecule has 2 aliphatic rings. The quantitative estimate of drug-likeness (QED) is 0.767. The van der Waals surface area contributed by atoms with E-state index in [1.54, 1.807) is 0 Å². The molecule has 29 heavy (non-hydrogen) atoms. The average molecular weight is 416 g/mol. The first kappa shape index (κ1) is 20.4. The first-order chi connectivity index (χ1) is 14.0. The number of carbonyl (C=O) groups excluding carboxylic acids is 1. The summed E-state index contributed by atoms with van der Waals surface area (Å²) in [7, 11) is 0. The monoisotopic (exact) mass is 416 g/mol. The molecular formula is C22H24O6S. The first-order valence-electron chi connectivity index (χ1n) is 9.57. The Morgan fingerprint density at radius 1 is 1.10 bits per heavy atom. The van der Waals surface area contributed by atoms with Crippen molar-refractivity contribution in [2.45, 2.75) is 54.9 Å². The van der Waals surface area contributed by atoms with E-state index in [0.29, 0.717) is 0 Å². The predicted octanol–water partition coefficient (Wildman–Crippen LogP) is 3.22. The molecule has 0 bridgehead atoms. The minimum absolute atomic E-state index is 0.277. The maximum Gasteiger partial charge on any atom is 0.303 e. The molecule has 0 amide bonds. The molecule has 1 N–H and O–H groups in total. The van der Waals surface area contributed by atoms with Gasteiger partial charge >= 0.3 is 5.97 Å². The van der Waals surface area contributed by atoms with E-state index in [-0.39, 0.29) is 6.61 Å². The molecule has 154 valence electrons. The maximum atomic E-state index is 11.7. The number of fused-ring (bicyclic) bond motifs is 1. The number of thioether (sulfide) groups is 1. The van der Waals surface area contributed by atoms with Crippen molar-refractivity contribution in [1.82, 2.24) is 0 Å². The third-order valence-electron chi connectivity index (χ3n) is 4.95. The van der Waals surface area contributed by atoms with Gasteiger partial charge in [0.1, 0.15) is 23.7 Å². The molecule has 0 radical (unpaired) electrons. The zero-order chi connectivity index (χ0) is 20.4. The lowest BCUT2D eigenvalue weighted by atomic mass is 9.98. The minimum atomic E-state index is -1.04. The Morgan fingerprint density at radius 2 is 1.83 bits per heavy atom. The van der Waals surface area contributed by atoms with Gasteiger partial charge in [0.25, 0.3) is 0 Å². The lowest BCUT2D eigenvalue weighted by Crippen LogP contribution is -2.62. The van der Waals surface area contributed by atoms with Crippen molar-refractivity contribution in [3.63, 3.8) is 0 Å². The average Bonchev–Trinajstić information content (AvgIpc) is 2.73. The largest absolute Gasteiger partial charge is 0.457 e. The van der Waals surface area contributed by atoms with Crippen LogP contribution in [0, 0.1) is 6.92 Å². The van der Waals surface area contributed by atoms with Crippen LogP contribution in [0.4, 0.5) is 0 Å². The summed E-state index contributed by atoms with van der Waals surface area (Å²) >= 11 is 1.39. The van der Waals surface area contributed by atoms with Crippen molar-refractivity contribution in [1.29, 1.82) is 0 Å². The topological polar surface area (TPSA) is 74.2 Å². The van der Waals surface area contributed by atoms with Gasteiger partial charge in [0.15, 0.2) is 12.4 Å². The van der Waals surface area contributed by atoms with Crippen molar-refractivity contribution < 1.29 is 28.8 Å². The Hall–Kier alpha value is -1.90. The summed E-state index contributed by atoms with van der Waals surface area (Å²) < 4.78 is 23.5. The summed E-state index contributed by atoms with van der Waals surface area (Å²) in [6, 6.07) is 17.5. The number of rotatable bonds is 4. The standard InChI is InChI=1S/C22H24O6S/c1-13-8-10-16(11-9-13)29-22-18(24)20(26-14(2)23)19-17(27-22)12-25-21(28-19)15-6-4-3-5-7-15/h3-11,17-22,24H,12H2,1-2H3/t17-,18-,19+,20-,21+,22+/m1/s1. The Morgan fingerprint density at radius 3 is 2.52 bits per heavy atom. The van der Waals surface area contributed by atoms with Gasteiger partial charge in [-0.3, -0.25) is 4.79 Å². The molecule has 2 heterocycles. The summed E-state index contributed by atoms with van der Waals surface area (Å²) in [5.74, 6) is -0.472. The summed E-state index contributed by atoms with van der Waals surface area (Å²) in [4.78, 5) is 12.7. The van der Waals surface area contributed by atoms with Crippen LogP contribution in [0.1, 0.15) is 24.3 Å². The van der Waals surface area contributed by atoms with E-state index in [9.17, 15) is 9.90 Å². The van der Waals surface area contributed by atoms with Crippen LogP contribution in [-0.4, -0.2) is 47.5 Å². The van der Waals surface area contributed by atoms with E-state index in [1.807, 2.05) is 61.5 Å². The normalized spacial score (nSPS) is 31.7. The molecule has 0 spiro atoms. The maximum absolute atomic E-state index is 11.7. The molecule has 0 aromatic heterocycles. The summed E-state index contributed by atoms with van der Waals surface area (Å²) in [6.07, 6.45) is -3.56. The van der Waals surface area contributed by atoms with Gasteiger partial charge in [0.2, 0.25) is 0 Å². The zero-order valence-electron chi connectivity index (χ0n) is 16.3. The number of carbonyl (C=O) groups is 1. The summed E-state index contributed by atoms with van der Waals surface area (Å²) in [6.45, 7) is 3.62. The number of aryl methyl sites for hydroxylation is 1. The molecule has 4 rings (SSSR count). The Labute approximate surface area is 174 Å². The molecule has 0 saturated carbocycles. The van der Waals surface area contributed by atoms with E-state index in [0.717, 1.165) is 16.0 Å². The van der Waals surface area contributed by atoms with Crippen LogP contribution in [0.25, 0.3) is 0 Å². The summed E-state index contributed by atoms with van der Waals surface area (Å²) in [5, 5.41) is 10.9. The lowest BCUT2D eigenvalue weighted by molar-refractivity contribution is -0.319. The van der Waals surface area contributed by atoms with Gasteiger partial charge in [-0.15, -0.1) is 0 Å². The molecule has 0 aliphatic carbocycles. The van der Waals surface area contributed by atoms with Crippen LogP contribution in [0.3, 0.4) is 0 Å². The molecule has 6 atom stereocenters. The number of aliphatic hydroxyl groups excluding tert-OH is 1. The van der Waals surface area contributed by atoms with Crippen LogP contribution >= 0.6 is 11.8 Å². The fourth-order valence-corrected chi connectivity index (χ4v) is 4.57. The second-order valence-electron chi connectivity index (χ2n) is 7.22.